The van der Waals surface area contributed by atoms with Gasteiger partial charge in [0.25, 0.3) is 0 Å². The first-order chi connectivity index (χ1) is 10.1. The second-order valence-corrected chi connectivity index (χ2v) is 7.13. The Labute approximate surface area is 134 Å². The predicted octanol–water partition coefficient (Wildman–Crippen LogP) is 5.25. The van der Waals surface area contributed by atoms with E-state index in [0.717, 1.165) is 17.0 Å². The van der Waals surface area contributed by atoms with Gasteiger partial charge in [-0.05, 0) is 29.2 Å². The molecule has 0 aliphatic rings. The number of hydrogen-bond donors (Lipinski definition) is 1. The zero-order valence-corrected chi connectivity index (χ0v) is 13.8. The lowest BCUT2D eigenvalue weighted by Gasteiger charge is -2.25. The summed E-state index contributed by atoms with van der Waals surface area (Å²) in [6, 6.07) is 14.7. The number of nitrogens with one attached hydrogen (secondary N) is 1. The standard InChI is InChI=1S/C17H18N2S2/c1-17(2,15-9-6-10-21-15)12-19-14(11-18-16(19)20)13-7-4-3-5-8-13/h3-11H,12H2,1-2H3,(H,18,20). The van der Waals surface area contributed by atoms with Crippen molar-refractivity contribution < 1.29 is 0 Å². The van der Waals surface area contributed by atoms with Crippen LogP contribution in [-0.4, -0.2) is 9.55 Å². The molecule has 0 bridgehead atoms. The maximum absolute atomic E-state index is 5.48. The molecule has 1 N–H and O–H groups in total. The van der Waals surface area contributed by atoms with Crippen LogP contribution in [0.4, 0.5) is 0 Å². The number of imidazole rings is 1. The number of benzene rings is 1. The van der Waals surface area contributed by atoms with Crippen molar-refractivity contribution in [1.29, 1.82) is 0 Å². The third-order valence-electron chi connectivity index (χ3n) is 3.68. The van der Waals surface area contributed by atoms with Gasteiger partial charge in [-0.1, -0.05) is 50.2 Å². The SMILES string of the molecule is CC(C)(Cn1c(-c2ccccc2)c[nH]c1=S)c1cccs1. The van der Waals surface area contributed by atoms with Crippen molar-refractivity contribution in [2.75, 3.05) is 0 Å². The van der Waals surface area contributed by atoms with Gasteiger partial charge in [0.1, 0.15) is 0 Å². The molecule has 3 aromatic rings. The first-order valence-electron chi connectivity index (χ1n) is 6.95. The van der Waals surface area contributed by atoms with Crippen LogP contribution in [0.25, 0.3) is 11.3 Å². The van der Waals surface area contributed by atoms with E-state index < -0.39 is 0 Å². The number of thiophene rings is 1. The van der Waals surface area contributed by atoms with Gasteiger partial charge in [0.15, 0.2) is 4.77 Å². The van der Waals surface area contributed by atoms with Gasteiger partial charge in [-0.15, -0.1) is 11.3 Å². The summed E-state index contributed by atoms with van der Waals surface area (Å²) in [5.74, 6) is 0. The minimum Gasteiger partial charge on any atom is -0.337 e. The van der Waals surface area contributed by atoms with Crippen molar-refractivity contribution in [3.63, 3.8) is 0 Å². The third kappa shape index (κ3) is 2.87. The molecule has 2 nitrogen and oxygen atoms in total. The number of aromatic nitrogens is 2. The highest BCUT2D eigenvalue weighted by atomic mass is 32.1. The lowest BCUT2D eigenvalue weighted by atomic mass is 9.91. The molecule has 2 aromatic heterocycles. The molecule has 4 heteroatoms. The van der Waals surface area contributed by atoms with Crippen molar-refractivity contribution in [1.82, 2.24) is 9.55 Å². The Morgan fingerprint density at radius 1 is 1.14 bits per heavy atom. The van der Waals surface area contributed by atoms with Gasteiger partial charge in [0.05, 0.1) is 5.69 Å². The van der Waals surface area contributed by atoms with Crippen LogP contribution in [0.3, 0.4) is 0 Å². The minimum absolute atomic E-state index is 0.0537. The normalized spacial score (nSPS) is 11.7. The number of rotatable bonds is 4. The summed E-state index contributed by atoms with van der Waals surface area (Å²) >= 11 is 7.28. The molecule has 3 rings (SSSR count). The second kappa shape index (κ2) is 5.62. The fourth-order valence-corrected chi connectivity index (χ4v) is 3.60. The van der Waals surface area contributed by atoms with Gasteiger partial charge in [0.2, 0.25) is 0 Å². The van der Waals surface area contributed by atoms with Gasteiger partial charge in [-0.3, -0.25) is 0 Å². The Balaban J connectivity index is 2.00. The predicted molar refractivity (Wildman–Crippen MR) is 92.4 cm³/mol. The Kier molecular flexibility index (Phi) is 3.83. The van der Waals surface area contributed by atoms with Crippen LogP contribution >= 0.6 is 23.6 Å². The topological polar surface area (TPSA) is 20.7 Å². The molecule has 0 atom stereocenters. The molecule has 0 aliphatic heterocycles. The van der Waals surface area contributed by atoms with Crippen molar-refractivity contribution >= 4 is 23.6 Å². The van der Waals surface area contributed by atoms with E-state index in [1.807, 2.05) is 12.3 Å². The van der Waals surface area contributed by atoms with Crippen molar-refractivity contribution in [3.05, 3.63) is 63.7 Å². The molecule has 0 radical (unpaired) electrons. The number of hydrogen-bond acceptors (Lipinski definition) is 2. The van der Waals surface area contributed by atoms with Crippen LogP contribution in [0.5, 0.6) is 0 Å². The summed E-state index contributed by atoms with van der Waals surface area (Å²) in [7, 11) is 0. The van der Waals surface area contributed by atoms with Gasteiger partial charge >= 0.3 is 0 Å². The molecular weight excluding hydrogens is 296 g/mol. The highest BCUT2D eigenvalue weighted by molar-refractivity contribution is 7.71. The van der Waals surface area contributed by atoms with E-state index in [1.54, 1.807) is 11.3 Å². The van der Waals surface area contributed by atoms with Crippen LogP contribution in [-0.2, 0) is 12.0 Å². The first-order valence-corrected chi connectivity index (χ1v) is 8.24. The third-order valence-corrected chi connectivity index (χ3v) is 5.25. The molecule has 0 fully saturated rings. The highest BCUT2D eigenvalue weighted by Crippen LogP contribution is 2.31. The van der Waals surface area contributed by atoms with Crippen molar-refractivity contribution in [2.24, 2.45) is 0 Å². The van der Waals surface area contributed by atoms with Gasteiger partial charge < -0.3 is 9.55 Å². The molecule has 1 aromatic carbocycles. The fraction of sp³-hybridized carbons (Fsp3) is 0.235. The lowest BCUT2D eigenvalue weighted by molar-refractivity contribution is 0.442. The zero-order valence-electron chi connectivity index (χ0n) is 12.2. The lowest BCUT2D eigenvalue weighted by Crippen LogP contribution is -2.23. The summed E-state index contributed by atoms with van der Waals surface area (Å²) in [4.78, 5) is 4.56. The van der Waals surface area contributed by atoms with Crippen LogP contribution in [0.15, 0.2) is 54.0 Å². The van der Waals surface area contributed by atoms with Gasteiger partial charge in [-0.2, -0.15) is 0 Å². The van der Waals surface area contributed by atoms with E-state index in [1.165, 1.54) is 10.4 Å². The van der Waals surface area contributed by atoms with E-state index in [2.05, 4.69) is 65.2 Å². The van der Waals surface area contributed by atoms with Crippen LogP contribution < -0.4 is 0 Å². The quantitative estimate of drug-likeness (QED) is 0.652. The molecular formula is C17H18N2S2. The smallest absolute Gasteiger partial charge is 0.177 e. The summed E-state index contributed by atoms with van der Waals surface area (Å²) in [5.41, 5.74) is 2.38. The monoisotopic (exact) mass is 314 g/mol. The highest BCUT2D eigenvalue weighted by Gasteiger charge is 2.24. The Morgan fingerprint density at radius 3 is 2.57 bits per heavy atom. The Morgan fingerprint density at radius 2 is 1.90 bits per heavy atom. The molecule has 0 aliphatic carbocycles. The minimum atomic E-state index is 0.0537. The van der Waals surface area contributed by atoms with E-state index in [9.17, 15) is 0 Å². The molecule has 0 spiro atoms. The number of nitrogens with zero attached hydrogens (tertiary/aromatic N) is 1. The van der Waals surface area contributed by atoms with E-state index >= 15 is 0 Å². The van der Waals surface area contributed by atoms with Crippen LogP contribution in [0.2, 0.25) is 0 Å². The molecule has 108 valence electrons. The summed E-state index contributed by atoms with van der Waals surface area (Å²) < 4.78 is 2.98. The van der Waals surface area contributed by atoms with Gasteiger partial charge in [0, 0.05) is 23.0 Å². The van der Waals surface area contributed by atoms with E-state index in [-0.39, 0.29) is 5.41 Å². The van der Waals surface area contributed by atoms with Crippen LogP contribution in [0.1, 0.15) is 18.7 Å². The average Bonchev–Trinajstić information content (AvgIpc) is 3.11. The maximum atomic E-state index is 5.48. The fourth-order valence-electron chi connectivity index (χ4n) is 2.54. The number of H-pyrrole nitrogens is 1. The Hall–Kier alpha value is -1.65. The summed E-state index contributed by atoms with van der Waals surface area (Å²) in [6.45, 7) is 5.39. The molecule has 0 saturated heterocycles. The zero-order chi connectivity index (χ0) is 14.9. The number of aromatic amines is 1. The molecule has 0 unspecified atom stereocenters. The summed E-state index contributed by atoms with van der Waals surface area (Å²) in [5, 5.41) is 2.13. The van der Waals surface area contributed by atoms with E-state index in [0.29, 0.717) is 0 Å². The second-order valence-electron chi connectivity index (χ2n) is 5.79. The maximum Gasteiger partial charge on any atom is 0.177 e. The van der Waals surface area contributed by atoms with Crippen molar-refractivity contribution in [3.8, 4) is 11.3 Å². The van der Waals surface area contributed by atoms with Crippen LogP contribution in [0, 0.1) is 4.77 Å². The molecule has 21 heavy (non-hydrogen) atoms. The van der Waals surface area contributed by atoms with Gasteiger partial charge in [-0.25, -0.2) is 0 Å². The first kappa shape index (κ1) is 14.3. The largest absolute Gasteiger partial charge is 0.337 e. The van der Waals surface area contributed by atoms with Crippen molar-refractivity contribution in [2.45, 2.75) is 25.8 Å². The summed E-state index contributed by atoms with van der Waals surface area (Å²) in [6.07, 6.45) is 2.00. The van der Waals surface area contributed by atoms with E-state index in [4.69, 9.17) is 12.2 Å². The molecule has 0 saturated carbocycles. The Bertz CT molecular complexity index is 765. The molecule has 2 heterocycles. The average molecular weight is 314 g/mol. The molecule has 0 amide bonds.